The molecule has 0 aliphatic rings. The average Bonchev–Trinajstić information content (AvgIpc) is 3.02. The molecule has 0 unspecified atom stereocenters. The number of nitrogens with zero attached hydrogens (tertiary/aromatic N) is 2. The van der Waals surface area contributed by atoms with Crippen molar-refractivity contribution in [2.75, 3.05) is 11.9 Å². The van der Waals surface area contributed by atoms with Crippen molar-refractivity contribution in [1.82, 2.24) is 9.38 Å². The SMILES string of the molecule is Cc1ccc(C(=N)CO)c(C)c1NC(=O)c1cnc2ccccn12. The van der Waals surface area contributed by atoms with E-state index in [2.05, 4.69) is 10.3 Å². The zero-order valence-electron chi connectivity index (χ0n) is 13.5. The molecule has 2 aromatic heterocycles. The Morgan fingerprint density at radius 2 is 2.08 bits per heavy atom. The lowest BCUT2D eigenvalue weighted by Crippen LogP contribution is -2.17. The molecule has 2 heterocycles. The van der Waals surface area contributed by atoms with Gasteiger partial charge in [-0.15, -0.1) is 0 Å². The van der Waals surface area contributed by atoms with Crippen molar-refractivity contribution in [2.24, 2.45) is 0 Å². The molecule has 0 bridgehead atoms. The highest BCUT2D eigenvalue weighted by Gasteiger charge is 2.16. The highest BCUT2D eigenvalue weighted by Crippen LogP contribution is 2.25. The van der Waals surface area contributed by atoms with Gasteiger partial charge in [0.15, 0.2) is 0 Å². The number of aromatic nitrogens is 2. The largest absolute Gasteiger partial charge is 0.390 e. The summed E-state index contributed by atoms with van der Waals surface area (Å²) in [4.78, 5) is 16.9. The third-order valence-corrected chi connectivity index (χ3v) is 4.04. The van der Waals surface area contributed by atoms with E-state index >= 15 is 0 Å². The first-order valence-electron chi connectivity index (χ1n) is 7.55. The minimum atomic E-state index is -0.343. The van der Waals surface area contributed by atoms with Crippen LogP contribution in [0.5, 0.6) is 0 Å². The lowest BCUT2D eigenvalue weighted by molar-refractivity contribution is 0.102. The summed E-state index contributed by atoms with van der Waals surface area (Å²) in [6.07, 6.45) is 3.32. The topological polar surface area (TPSA) is 90.5 Å². The molecule has 3 N–H and O–H groups in total. The molecule has 1 amide bonds. The number of hydrogen-bond donors (Lipinski definition) is 3. The number of aryl methyl sites for hydroxylation is 1. The van der Waals surface area contributed by atoms with Crippen LogP contribution in [0.1, 0.15) is 27.2 Å². The van der Waals surface area contributed by atoms with Crippen LogP contribution < -0.4 is 5.32 Å². The maximum Gasteiger partial charge on any atom is 0.274 e. The predicted octanol–water partition coefficient (Wildman–Crippen LogP) is 2.56. The molecular weight excluding hydrogens is 304 g/mol. The van der Waals surface area contributed by atoms with Crippen LogP contribution in [0.25, 0.3) is 5.65 Å². The Morgan fingerprint density at radius 1 is 1.29 bits per heavy atom. The first-order valence-corrected chi connectivity index (χ1v) is 7.55. The van der Waals surface area contributed by atoms with Gasteiger partial charge in [0.2, 0.25) is 0 Å². The number of pyridine rings is 1. The average molecular weight is 322 g/mol. The van der Waals surface area contributed by atoms with E-state index < -0.39 is 0 Å². The first-order chi connectivity index (χ1) is 11.5. The number of benzene rings is 1. The number of rotatable bonds is 4. The number of carbonyl (C=O) groups excluding carboxylic acids is 1. The summed E-state index contributed by atoms with van der Waals surface area (Å²) in [7, 11) is 0. The number of fused-ring (bicyclic) bond motifs is 1. The molecule has 3 aromatic rings. The Hall–Kier alpha value is -2.99. The fraction of sp³-hybridized carbons (Fsp3) is 0.167. The summed E-state index contributed by atoms with van der Waals surface area (Å²) in [5, 5.41) is 20.0. The third-order valence-electron chi connectivity index (χ3n) is 4.04. The van der Waals surface area contributed by atoms with Crippen LogP contribution in [0.2, 0.25) is 0 Å². The van der Waals surface area contributed by atoms with Crippen molar-refractivity contribution in [1.29, 1.82) is 5.41 Å². The fourth-order valence-corrected chi connectivity index (χ4v) is 2.73. The van der Waals surface area contributed by atoms with Gasteiger partial charge in [-0.2, -0.15) is 0 Å². The number of aliphatic hydroxyl groups is 1. The zero-order valence-corrected chi connectivity index (χ0v) is 13.5. The lowest BCUT2D eigenvalue weighted by Gasteiger charge is -2.15. The number of carbonyl (C=O) groups is 1. The van der Waals surface area contributed by atoms with E-state index in [1.54, 1.807) is 16.7 Å². The van der Waals surface area contributed by atoms with Gasteiger partial charge in [0.1, 0.15) is 11.3 Å². The molecule has 24 heavy (non-hydrogen) atoms. The maximum absolute atomic E-state index is 12.7. The van der Waals surface area contributed by atoms with Crippen LogP contribution in [-0.4, -0.2) is 32.7 Å². The van der Waals surface area contributed by atoms with E-state index in [0.717, 1.165) is 11.1 Å². The van der Waals surface area contributed by atoms with Crippen molar-refractivity contribution in [3.8, 4) is 0 Å². The Kier molecular flexibility index (Phi) is 4.14. The zero-order chi connectivity index (χ0) is 17.3. The molecule has 6 heteroatoms. The molecular formula is C18H18N4O2. The first kappa shape index (κ1) is 15.9. The Bertz CT molecular complexity index is 943. The molecule has 6 nitrogen and oxygen atoms in total. The molecule has 0 saturated heterocycles. The summed E-state index contributed by atoms with van der Waals surface area (Å²) in [5.74, 6) is -0.271. The van der Waals surface area contributed by atoms with Crippen LogP contribution in [0, 0.1) is 19.3 Å². The van der Waals surface area contributed by atoms with Crippen LogP contribution >= 0.6 is 0 Å². The quantitative estimate of drug-likeness (QED) is 0.645. The van der Waals surface area contributed by atoms with Crippen LogP contribution in [-0.2, 0) is 0 Å². The van der Waals surface area contributed by atoms with Crippen molar-refractivity contribution < 1.29 is 9.90 Å². The molecule has 0 saturated carbocycles. The summed E-state index contributed by atoms with van der Waals surface area (Å²) in [6.45, 7) is 3.38. The second-order valence-electron chi connectivity index (χ2n) is 5.59. The summed E-state index contributed by atoms with van der Waals surface area (Å²) >= 11 is 0. The summed E-state index contributed by atoms with van der Waals surface area (Å²) < 4.78 is 1.72. The monoisotopic (exact) mass is 322 g/mol. The van der Waals surface area contributed by atoms with Gasteiger partial charge in [-0.1, -0.05) is 18.2 Å². The number of hydrogen-bond acceptors (Lipinski definition) is 4. The van der Waals surface area contributed by atoms with Crippen molar-refractivity contribution in [3.05, 3.63) is 65.1 Å². The van der Waals surface area contributed by atoms with Gasteiger partial charge in [0.25, 0.3) is 5.91 Å². The molecule has 0 spiro atoms. The molecule has 0 atom stereocenters. The molecule has 0 aliphatic heterocycles. The van der Waals surface area contributed by atoms with Crippen LogP contribution in [0.4, 0.5) is 5.69 Å². The third kappa shape index (κ3) is 2.68. The lowest BCUT2D eigenvalue weighted by atomic mass is 9.99. The standard InChI is InChI=1S/C18H18N4O2/c1-11-6-7-13(14(19)10-23)12(2)17(11)21-18(24)15-9-20-16-5-3-4-8-22(15)16/h3-9,19,23H,10H2,1-2H3,(H,21,24). The number of anilines is 1. The Balaban J connectivity index is 1.99. The molecule has 122 valence electrons. The van der Waals surface area contributed by atoms with Crippen LogP contribution in [0.15, 0.2) is 42.7 Å². The van der Waals surface area contributed by atoms with Crippen molar-refractivity contribution in [3.63, 3.8) is 0 Å². The Morgan fingerprint density at radius 3 is 2.83 bits per heavy atom. The number of amides is 1. The van der Waals surface area contributed by atoms with Gasteiger partial charge in [0.05, 0.1) is 18.5 Å². The van der Waals surface area contributed by atoms with E-state index in [0.29, 0.717) is 22.6 Å². The van der Waals surface area contributed by atoms with Crippen LogP contribution in [0.3, 0.4) is 0 Å². The minimum absolute atomic E-state index is 0.123. The smallest absolute Gasteiger partial charge is 0.274 e. The second-order valence-corrected chi connectivity index (χ2v) is 5.59. The normalized spacial score (nSPS) is 10.8. The molecule has 0 radical (unpaired) electrons. The fourth-order valence-electron chi connectivity index (χ4n) is 2.73. The Labute approximate surface area is 139 Å². The second kappa shape index (κ2) is 6.25. The number of nitrogens with one attached hydrogen (secondary N) is 2. The van der Waals surface area contributed by atoms with Gasteiger partial charge in [0, 0.05) is 17.4 Å². The summed E-state index contributed by atoms with van der Waals surface area (Å²) in [5.41, 5.74) is 4.19. The van der Waals surface area contributed by atoms with Gasteiger partial charge < -0.3 is 15.8 Å². The van der Waals surface area contributed by atoms with Gasteiger partial charge in [-0.25, -0.2) is 4.98 Å². The highest BCUT2D eigenvalue weighted by atomic mass is 16.3. The van der Waals surface area contributed by atoms with E-state index in [1.165, 1.54) is 6.20 Å². The predicted molar refractivity (Wildman–Crippen MR) is 93.0 cm³/mol. The molecule has 0 aliphatic carbocycles. The number of imidazole rings is 1. The highest BCUT2D eigenvalue weighted by molar-refractivity contribution is 6.07. The molecule has 0 fully saturated rings. The van der Waals surface area contributed by atoms with E-state index in [9.17, 15) is 9.90 Å². The van der Waals surface area contributed by atoms with Crippen molar-refractivity contribution >= 4 is 23.0 Å². The molecule has 3 rings (SSSR count). The van der Waals surface area contributed by atoms with E-state index in [-0.39, 0.29) is 18.2 Å². The number of aliphatic hydroxyl groups excluding tert-OH is 1. The van der Waals surface area contributed by atoms with Gasteiger partial charge in [-0.05, 0) is 37.1 Å². The minimum Gasteiger partial charge on any atom is -0.390 e. The van der Waals surface area contributed by atoms with E-state index in [1.807, 2.05) is 38.1 Å². The van der Waals surface area contributed by atoms with E-state index in [4.69, 9.17) is 5.41 Å². The molecule has 1 aromatic carbocycles. The van der Waals surface area contributed by atoms with Crippen molar-refractivity contribution in [2.45, 2.75) is 13.8 Å². The van der Waals surface area contributed by atoms with Gasteiger partial charge in [-0.3, -0.25) is 9.20 Å². The maximum atomic E-state index is 12.7. The van der Waals surface area contributed by atoms with Gasteiger partial charge >= 0.3 is 0 Å². The summed E-state index contributed by atoms with van der Waals surface area (Å²) in [6, 6.07) is 9.15.